The fraction of sp³-hybridized carbons (Fsp3) is 0.333. The smallest absolute Gasteiger partial charge is 0.235 e. The molecule has 1 aliphatic rings. The minimum Gasteiger partial charge on any atom is -0.310 e. The Kier molecular flexibility index (Phi) is 3.03. The van der Waals surface area contributed by atoms with E-state index >= 15 is 0 Å². The Labute approximate surface area is 105 Å². The van der Waals surface area contributed by atoms with E-state index in [0.29, 0.717) is 12.2 Å². The van der Waals surface area contributed by atoms with Crippen molar-refractivity contribution in [3.05, 3.63) is 32.0 Å². The third-order valence-electron chi connectivity index (χ3n) is 2.34. The number of nitro groups is 1. The van der Waals surface area contributed by atoms with Gasteiger partial charge in [-0.25, -0.2) is 4.98 Å². The maximum atomic E-state index is 11.5. The Hall–Kier alpha value is -1.25. The normalized spacial score (nSPS) is 22.6. The lowest BCUT2D eigenvalue weighted by molar-refractivity contribution is -0.497. The Morgan fingerprint density at radius 1 is 1.62 bits per heavy atom. The Bertz CT molecular complexity index is 434. The highest BCUT2D eigenvalue weighted by atomic mass is 127. The van der Waals surface area contributed by atoms with Crippen molar-refractivity contribution in [3.63, 3.8) is 0 Å². The summed E-state index contributed by atoms with van der Waals surface area (Å²) in [5.41, 5.74) is 0. The molecular formula is C9H8IN3O3. The number of nitrogens with zero attached hydrogens (tertiary/aromatic N) is 2. The van der Waals surface area contributed by atoms with Crippen molar-refractivity contribution in [2.24, 2.45) is 5.92 Å². The lowest BCUT2D eigenvalue weighted by atomic mass is 10.3. The van der Waals surface area contributed by atoms with Crippen LogP contribution in [0.2, 0.25) is 0 Å². The summed E-state index contributed by atoms with van der Waals surface area (Å²) in [6.45, 7) is 0. The van der Waals surface area contributed by atoms with Crippen LogP contribution in [0.15, 0.2) is 18.3 Å². The second kappa shape index (κ2) is 4.32. The van der Waals surface area contributed by atoms with Gasteiger partial charge in [0.15, 0.2) is 0 Å². The average molecular weight is 333 g/mol. The number of rotatable bonds is 3. The van der Waals surface area contributed by atoms with Crippen LogP contribution in [-0.4, -0.2) is 21.9 Å². The maximum Gasteiger partial charge on any atom is 0.235 e. The molecule has 1 fully saturated rings. The first-order valence-corrected chi connectivity index (χ1v) is 5.71. The van der Waals surface area contributed by atoms with Gasteiger partial charge >= 0.3 is 0 Å². The predicted molar refractivity (Wildman–Crippen MR) is 64.5 cm³/mol. The maximum absolute atomic E-state index is 11.5. The molecule has 0 spiro atoms. The number of halogens is 1. The fourth-order valence-corrected chi connectivity index (χ4v) is 1.68. The molecule has 0 radical (unpaired) electrons. The van der Waals surface area contributed by atoms with Gasteiger partial charge in [0.2, 0.25) is 11.9 Å². The quantitative estimate of drug-likeness (QED) is 0.513. The summed E-state index contributed by atoms with van der Waals surface area (Å²) >= 11 is 2.10. The van der Waals surface area contributed by atoms with Gasteiger partial charge in [-0.05, 0) is 34.7 Å². The topological polar surface area (TPSA) is 85.1 Å². The highest BCUT2D eigenvalue weighted by Gasteiger charge is 2.53. The van der Waals surface area contributed by atoms with E-state index in [4.69, 9.17) is 0 Å². The molecule has 0 saturated heterocycles. The van der Waals surface area contributed by atoms with Crippen molar-refractivity contribution in [1.29, 1.82) is 0 Å². The first-order chi connectivity index (χ1) is 7.58. The van der Waals surface area contributed by atoms with E-state index in [1.165, 1.54) is 0 Å². The summed E-state index contributed by atoms with van der Waals surface area (Å²) < 4.78 is 0.963. The summed E-state index contributed by atoms with van der Waals surface area (Å²) in [5, 5.41) is 12.9. The number of carbonyl (C=O) groups is 1. The van der Waals surface area contributed by atoms with Crippen molar-refractivity contribution in [1.82, 2.24) is 4.98 Å². The lowest BCUT2D eigenvalue weighted by Crippen LogP contribution is -2.19. The van der Waals surface area contributed by atoms with Crippen molar-refractivity contribution in [3.8, 4) is 0 Å². The monoisotopic (exact) mass is 333 g/mol. The van der Waals surface area contributed by atoms with E-state index in [2.05, 4.69) is 32.9 Å². The van der Waals surface area contributed by atoms with Gasteiger partial charge in [0.1, 0.15) is 11.7 Å². The van der Waals surface area contributed by atoms with Crippen molar-refractivity contribution < 1.29 is 9.72 Å². The highest BCUT2D eigenvalue weighted by Crippen LogP contribution is 2.33. The highest BCUT2D eigenvalue weighted by molar-refractivity contribution is 14.1. The molecule has 0 unspecified atom stereocenters. The summed E-state index contributed by atoms with van der Waals surface area (Å²) in [5.74, 6) is -0.397. The summed E-state index contributed by atoms with van der Waals surface area (Å²) in [4.78, 5) is 25.5. The molecule has 1 aliphatic carbocycles. The molecule has 16 heavy (non-hydrogen) atoms. The number of carbonyl (C=O) groups excluding carboxylic acids is 1. The number of hydrogen-bond donors (Lipinski definition) is 1. The van der Waals surface area contributed by atoms with Crippen molar-refractivity contribution in [2.45, 2.75) is 12.5 Å². The van der Waals surface area contributed by atoms with Crippen LogP contribution in [0.25, 0.3) is 0 Å². The Morgan fingerprint density at radius 3 is 2.88 bits per heavy atom. The second-order valence-corrected chi connectivity index (χ2v) is 4.79. The molecule has 1 N–H and O–H groups in total. The number of aromatic nitrogens is 1. The van der Waals surface area contributed by atoms with Crippen LogP contribution >= 0.6 is 22.6 Å². The number of pyridine rings is 1. The Balaban J connectivity index is 1.94. The largest absolute Gasteiger partial charge is 0.310 e. The molecule has 1 amide bonds. The molecule has 0 aromatic carbocycles. The van der Waals surface area contributed by atoms with E-state index in [9.17, 15) is 14.9 Å². The van der Waals surface area contributed by atoms with Gasteiger partial charge in [0.05, 0.1) is 0 Å². The molecule has 84 valence electrons. The van der Waals surface area contributed by atoms with E-state index in [1.807, 2.05) is 0 Å². The first-order valence-electron chi connectivity index (χ1n) is 4.64. The van der Waals surface area contributed by atoms with Gasteiger partial charge in [0.25, 0.3) is 0 Å². The third kappa shape index (κ3) is 2.46. The van der Waals surface area contributed by atoms with E-state index < -0.39 is 16.9 Å². The van der Waals surface area contributed by atoms with Crippen LogP contribution in [0.1, 0.15) is 6.42 Å². The molecule has 1 aromatic heterocycles. The fourth-order valence-electron chi connectivity index (χ4n) is 1.37. The zero-order valence-electron chi connectivity index (χ0n) is 8.09. The average Bonchev–Trinajstić information content (AvgIpc) is 3.01. The molecular weight excluding hydrogens is 325 g/mol. The standard InChI is InChI=1S/C9H8IN3O3/c10-5-1-2-8(11-4-5)12-9(14)6-3-7(6)13(15)16/h1-2,4,6-7H,3H2,(H,11,12,14)/t6-,7+/m1/s1. The zero-order chi connectivity index (χ0) is 11.7. The second-order valence-electron chi connectivity index (χ2n) is 3.55. The van der Waals surface area contributed by atoms with Crippen LogP contribution in [0.3, 0.4) is 0 Å². The summed E-state index contributed by atoms with van der Waals surface area (Å²) in [6, 6.07) is 2.76. The van der Waals surface area contributed by atoms with Gasteiger partial charge in [-0.15, -0.1) is 0 Å². The molecule has 2 rings (SSSR count). The van der Waals surface area contributed by atoms with Crippen LogP contribution in [0.5, 0.6) is 0 Å². The van der Waals surface area contributed by atoms with Gasteiger partial charge in [-0.1, -0.05) is 0 Å². The lowest BCUT2D eigenvalue weighted by Gasteiger charge is -2.01. The first kappa shape index (κ1) is 11.2. The predicted octanol–water partition coefficient (Wildman–Crippen LogP) is 1.29. The van der Waals surface area contributed by atoms with Gasteiger partial charge in [0, 0.05) is 21.1 Å². The van der Waals surface area contributed by atoms with Gasteiger partial charge in [-0.2, -0.15) is 0 Å². The van der Waals surface area contributed by atoms with Gasteiger partial charge < -0.3 is 5.32 Å². The zero-order valence-corrected chi connectivity index (χ0v) is 10.2. The minimum absolute atomic E-state index is 0.323. The van der Waals surface area contributed by atoms with Crippen LogP contribution < -0.4 is 5.32 Å². The summed E-state index contributed by atoms with van der Waals surface area (Å²) in [6.07, 6.45) is 1.94. The third-order valence-corrected chi connectivity index (χ3v) is 2.98. The van der Waals surface area contributed by atoms with Crippen molar-refractivity contribution in [2.75, 3.05) is 5.32 Å². The van der Waals surface area contributed by atoms with E-state index in [-0.39, 0.29) is 5.91 Å². The molecule has 2 atom stereocenters. The SMILES string of the molecule is O=C(Nc1ccc(I)cn1)[C@@H]1C[C@@H]1[N+](=O)[O-]. The molecule has 0 aliphatic heterocycles. The molecule has 1 aromatic rings. The number of nitrogens with one attached hydrogen (secondary N) is 1. The molecule has 0 bridgehead atoms. The van der Waals surface area contributed by atoms with Crippen LogP contribution in [-0.2, 0) is 4.79 Å². The van der Waals surface area contributed by atoms with Crippen molar-refractivity contribution >= 4 is 34.3 Å². The van der Waals surface area contributed by atoms with E-state index in [1.54, 1.807) is 18.3 Å². The molecule has 7 heteroatoms. The number of amides is 1. The van der Waals surface area contributed by atoms with Crippen LogP contribution in [0, 0.1) is 19.6 Å². The summed E-state index contributed by atoms with van der Waals surface area (Å²) in [7, 11) is 0. The Morgan fingerprint density at radius 2 is 2.38 bits per heavy atom. The molecule has 6 nitrogen and oxygen atoms in total. The number of hydrogen-bond acceptors (Lipinski definition) is 4. The van der Waals surface area contributed by atoms with E-state index in [0.717, 1.165) is 3.57 Å². The minimum atomic E-state index is -0.719. The van der Waals surface area contributed by atoms with Gasteiger partial charge in [-0.3, -0.25) is 14.9 Å². The van der Waals surface area contributed by atoms with Crippen LogP contribution in [0.4, 0.5) is 5.82 Å². The molecule has 1 saturated carbocycles. The molecule has 1 heterocycles. The number of anilines is 1.